The molecule has 1 N–H and O–H groups in total. The highest BCUT2D eigenvalue weighted by atomic mass is 19.3. The minimum Gasteiger partial charge on any atom is -0.368 e. The second-order valence-corrected chi connectivity index (χ2v) is 6.97. The summed E-state index contributed by atoms with van der Waals surface area (Å²) < 4.78 is 41.4. The third-order valence-corrected chi connectivity index (χ3v) is 5.06. The van der Waals surface area contributed by atoms with Crippen molar-refractivity contribution in [2.45, 2.75) is 25.8 Å². The monoisotopic (exact) mass is 417 g/mol. The van der Waals surface area contributed by atoms with Gasteiger partial charge in [-0.15, -0.1) is 0 Å². The number of piperidine rings is 1. The summed E-state index contributed by atoms with van der Waals surface area (Å²) in [5.41, 5.74) is 0.742. The number of pyridine rings is 1. The Balaban J connectivity index is 1.57. The number of anilines is 1. The van der Waals surface area contributed by atoms with Crippen LogP contribution < -0.4 is 10.2 Å². The highest BCUT2D eigenvalue weighted by Crippen LogP contribution is 2.26. The first-order valence-electron chi connectivity index (χ1n) is 9.37. The van der Waals surface area contributed by atoms with Gasteiger partial charge < -0.3 is 10.2 Å². The largest absolute Gasteiger partial charge is 0.368 e. The van der Waals surface area contributed by atoms with E-state index in [1.165, 1.54) is 29.2 Å². The maximum Gasteiger partial charge on any atom is 0.266 e. The average molecular weight is 417 g/mol. The molecule has 0 spiro atoms. The standard InChI is InChI=1S/C20H18F3N5O2/c21-17-12(2-1-3-15(17)18(22)23)9-24-20(30)13-8-16(19-25-11-26-28(19)10-13)27-6-4-14(29)5-7-27/h1-3,8,10-11,18H,4-7,9H2,(H,24,30). The van der Waals surface area contributed by atoms with Crippen LogP contribution in [-0.4, -0.2) is 39.4 Å². The Morgan fingerprint density at radius 1 is 1.23 bits per heavy atom. The maximum atomic E-state index is 14.2. The Hall–Kier alpha value is -3.43. The molecule has 7 nitrogen and oxygen atoms in total. The summed E-state index contributed by atoms with van der Waals surface area (Å²) in [4.78, 5) is 30.4. The second kappa shape index (κ2) is 8.13. The number of carbonyl (C=O) groups excluding carboxylic acids is 2. The molecule has 4 rings (SSSR count). The van der Waals surface area contributed by atoms with Gasteiger partial charge in [-0.3, -0.25) is 9.59 Å². The van der Waals surface area contributed by atoms with Crippen molar-refractivity contribution in [3.05, 3.63) is 59.3 Å². The van der Waals surface area contributed by atoms with E-state index in [0.29, 0.717) is 37.3 Å². The quantitative estimate of drug-likeness (QED) is 0.691. The smallest absolute Gasteiger partial charge is 0.266 e. The number of halogens is 3. The van der Waals surface area contributed by atoms with E-state index in [0.717, 1.165) is 6.07 Å². The molecule has 0 saturated carbocycles. The van der Waals surface area contributed by atoms with Crippen LogP contribution in [0.3, 0.4) is 0 Å². The first-order chi connectivity index (χ1) is 14.4. The number of alkyl halides is 2. The van der Waals surface area contributed by atoms with Gasteiger partial charge in [-0.05, 0) is 6.07 Å². The molecular formula is C20H18F3N5O2. The number of benzene rings is 1. The Kier molecular flexibility index (Phi) is 5.39. The summed E-state index contributed by atoms with van der Waals surface area (Å²) in [5.74, 6) is -1.35. The lowest BCUT2D eigenvalue weighted by Gasteiger charge is -2.28. The Bertz CT molecular complexity index is 1110. The predicted octanol–water partition coefficient (Wildman–Crippen LogP) is 2.91. The molecule has 1 aromatic carbocycles. The highest BCUT2D eigenvalue weighted by Gasteiger charge is 2.22. The van der Waals surface area contributed by atoms with Crippen LogP contribution in [-0.2, 0) is 11.3 Å². The topological polar surface area (TPSA) is 79.6 Å². The van der Waals surface area contributed by atoms with E-state index in [-0.39, 0.29) is 23.5 Å². The van der Waals surface area contributed by atoms with Crippen molar-refractivity contribution in [2.75, 3.05) is 18.0 Å². The molecule has 1 aliphatic heterocycles. The van der Waals surface area contributed by atoms with Crippen molar-refractivity contribution in [1.82, 2.24) is 19.9 Å². The van der Waals surface area contributed by atoms with Crippen LogP contribution in [0.15, 0.2) is 36.8 Å². The number of nitrogens with zero attached hydrogens (tertiary/aromatic N) is 4. The summed E-state index contributed by atoms with van der Waals surface area (Å²) in [7, 11) is 0. The van der Waals surface area contributed by atoms with Crippen molar-refractivity contribution in [2.24, 2.45) is 0 Å². The number of amides is 1. The molecule has 1 aliphatic rings. The molecule has 3 heterocycles. The summed E-state index contributed by atoms with van der Waals surface area (Å²) >= 11 is 0. The lowest BCUT2D eigenvalue weighted by molar-refractivity contribution is -0.119. The van der Waals surface area contributed by atoms with E-state index in [9.17, 15) is 22.8 Å². The van der Waals surface area contributed by atoms with Crippen LogP contribution in [0.25, 0.3) is 5.65 Å². The summed E-state index contributed by atoms with van der Waals surface area (Å²) in [6.07, 6.45) is 0.741. The highest BCUT2D eigenvalue weighted by molar-refractivity contribution is 5.96. The average Bonchev–Trinajstić information content (AvgIpc) is 3.21. The van der Waals surface area contributed by atoms with Crippen molar-refractivity contribution in [3.8, 4) is 0 Å². The summed E-state index contributed by atoms with van der Waals surface area (Å²) in [6, 6.07) is 5.32. The van der Waals surface area contributed by atoms with Crippen LogP contribution >= 0.6 is 0 Å². The predicted molar refractivity (Wildman–Crippen MR) is 102 cm³/mol. The Morgan fingerprint density at radius 3 is 2.73 bits per heavy atom. The number of ketones is 1. The first kappa shape index (κ1) is 19.9. The van der Waals surface area contributed by atoms with Gasteiger partial charge in [0.25, 0.3) is 12.3 Å². The van der Waals surface area contributed by atoms with Gasteiger partial charge in [0, 0.05) is 44.2 Å². The van der Waals surface area contributed by atoms with Crippen LogP contribution in [0.5, 0.6) is 0 Å². The number of aromatic nitrogens is 3. The molecule has 3 aromatic rings. The van der Waals surface area contributed by atoms with Crippen LogP contribution in [0.2, 0.25) is 0 Å². The first-order valence-corrected chi connectivity index (χ1v) is 9.37. The molecule has 0 bridgehead atoms. The van der Waals surface area contributed by atoms with Gasteiger partial charge in [-0.1, -0.05) is 18.2 Å². The Labute approximate surface area is 169 Å². The van der Waals surface area contributed by atoms with Crippen molar-refractivity contribution in [1.29, 1.82) is 0 Å². The van der Waals surface area contributed by atoms with E-state index in [1.807, 2.05) is 4.90 Å². The number of nitrogens with one attached hydrogen (secondary N) is 1. The van der Waals surface area contributed by atoms with Crippen molar-refractivity contribution >= 4 is 23.0 Å². The number of hydrogen-bond donors (Lipinski definition) is 1. The van der Waals surface area contributed by atoms with Crippen LogP contribution in [0.4, 0.5) is 18.9 Å². The van der Waals surface area contributed by atoms with E-state index in [1.54, 1.807) is 6.07 Å². The number of Topliss-reactive ketones (excluding diaryl/α,β-unsaturated/α-hetero) is 1. The molecule has 0 unspecified atom stereocenters. The summed E-state index contributed by atoms with van der Waals surface area (Å²) in [6.45, 7) is 0.782. The Morgan fingerprint density at radius 2 is 2.00 bits per heavy atom. The van der Waals surface area contributed by atoms with E-state index < -0.39 is 23.7 Å². The SMILES string of the molecule is O=C1CCN(c2cc(C(=O)NCc3cccc(C(F)F)c3F)cn3ncnc23)CC1. The van der Waals surface area contributed by atoms with Crippen molar-refractivity contribution in [3.63, 3.8) is 0 Å². The number of carbonyl (C=O) groups is 2. The number of fused-ring (bicyclic) bond motifs is 1. The molecular weight excluding hydrogens is 399 g/mol. The molecule has 0 atom stereocenters. The molecule has 0 radical (unpaired) electrons. The zero-order chi connectivity index (χ0) is 21.3. The fraction of sp³-hybridized carbons (Fsp3) is 0.300. The van der Waals surface area contributed by atoms with Gasteiger partial charge in [0.1, 0.15) is 17.9 Å². The molecule has 156 valence electrons. The van der Waals surface area contributed by atoms with Crippen LogP contribution in [0.1, 0.15) is 40.8 Å². The van der Waals surface area contributed by atoms with Crippen LogP contribution in [0, 0.1) is 5.82 Å². The molecule has 1 amide bonds. The third kappa shape index (κ3) is 3.85. The zero-order valence-corrected chi connectivity index (χ0v) is 15.8. The fourth-order valence-electron chi connectivity index (χ4n) is 3.45. The minimum absolute atomic E-state index is 0.0299. The lowest BCUT2D eigenvalue weighted by Crippen LogP contribution is -2.34. The molecule has 10 heteroatoms. The van der Waals surface area contributed by atoms with Crippen molar-refractivity contribution < 1.29 is 22.8 Å². The van der Waals surface area contributed by atoms with Gasteiger partial charge in [0.15, 0.2) is 5.65 Å². The van der Waals surface area contributed by atoms with E-state index >= 15 is 0 Å². The number of rotatable bonds is 5. The minimum atomic E-state index is -2.94. The summed E-state index contributed by atoms with van der Waals surface area (Å²) in [5, 5.41) is 6.64. The zero-order valence-electron chi connectivity index (χ0n) is 15.8. The van der Waals surface area contributed by atoms with Gasteiger partial charge in [-0.2, -0.15) is 5.10 Å². The maximum absolute atomic E-state index is 14.2. The van der Waals surface area contributed by atoms with E-state index in [2.05, 4.69) is 15.4 Å². The fourth-order valence-corrected chi connectivity index (χ4v) is 3.45. The molecule has 2 aromatic heterocycles. The molecule has 1 saturated heterocycles. The lowest BCUT2D eigenvalue weighted by atomic mass is 10.1. The van der Waals surface area contributed by atoms with Gasteiger partial charge in [0.2, 0.25) is 0 Å². The van der Waals surface area contributed by atoms with E-state index in [4.69, 9.17) is 0 Å². The normalized spacial score (nSPS) is 14.5. The molecule has 0 aliphatic carbocycles. The van der Waals surface area contributed by atoms with Gasteiger partial charge >= 0.3 is 0 Å². The number of hydrogen-bond acceptors (Lipinski definition) is 5. The molecule has 1 fully saturated rings. The van der Waals surface area contributed by atoms with Gasteiger partial charge in [0.05, 0.1) is 16.8 Å². The second-order valence-electron chi connectivity index (χ2n) is 6.97. The molecule has 30 heavy (non-hydrogen) atoms. The van der Waals surface area contributed by atoms with Gasteiger partial charge in [-0.25, -0.2) is 22.7 Å². The third-order valence-electron chi connectivity index (χ3n) is 5.06.